The molecular formula is C15H21N3O3. The highest BCUT2D eigenvalue weighted by Crippen LogP contribution is 2.08. The second-order valence-corrected chi connectivity index (χ2v) is 5.07. The topological polar surface area (TPSA) is 71.6 Å². The molecule has 0 fully saturated rings. The smallest absolute Gasteiger partial charge is 0.240 e. The van der Waals surface area contributed by atoms with Gasteiger partial charge in [-0.25, -0.2) is 0 Å². The van der Waals surface area contributed by atoms with Gasteiger partial charge in [0.1, 0.15) is 0 Å². The average Bonchev–Trinajstić information content (AvgIpc) is 2.87. The molecule has 0 aliphatic carbocycles. The first kappa shape index (κ1) is 15.6. The van der Waals surface area contributed by atoms with Gasteiger partial charge in [0, 0.05) is 20.1 Å². The third-order valence-electron chi connectivity index (χ3n) is 3.00. The summed E-state index contributed by atoms with van der Waals surface area (Å²) in [5.41, 5.74) is 1.15. The number of hydrogen-bond donors (Lipinski definition) is 1. The number of likely N-dealkylation sites (N-methyl/N-ethyl adjacent to an activating group) is 1. The van der Waals surface area contributed by atoms with Gasteiger partial charge in [0.25, 0.3) is 0 Å². The molecule has 1 N–H and O–H groups in total. The van der Waals surface area contributed by atoms with E-state index in [1.807, 2.05) is 42.3 Å². The van der Waals surface area contributed by atoms with E-state index in [0.717, 1.165) is 5.56 Å². The highest BCUT2D eigenvalue weighted by molar-refractivity contribution is 5.18. The van der Waals surface area contributed by atoms with E-state index < -0.39 is 6.10 Å². The van der Waals surface area contributed by atoms with Gasteiger partial charge in [-0.3, -0.25) is 4.90 Å². The quantitative estimate of drug-likeness (QED) is 0.785. The zero-order valence-electron chi connectivity index (χ0n) is 12.4. The Kier molecular flexibility index (Phi) is 5.86. The van der Waals surface area contributed by atoms with Gasteiger partial charge < -0.3 is 14.4 Å². The number of aliphatic hydroxyl groups excluding tert-OH is 1. The van der Waals surface area contributed by atoms with Gasteiger partial charge in [-0.2, -0.15) is 4.98 Å². The minimum absolute atomic E-state index is 0.313. The molecule has 6 heteroatoms. The molecule has 1 heterocycles. The second-order valence-electron chi connectivity index (χ2n) is 5.07. The van der Waals surface area contributed by atoms with E-state index in [2.05, 4.69) is 10.1 Å². The zero-order chi connectivity index (χ0) is 15.1. The summed E-state index contributed by atoms with van der Waals surface area (Å²) in [6.07, 6.45) is 0.132. The lowest BCUT2D eigenvalue weighted by Crippen LogP contribution is -2.31. The number of ether oxygens (including phenoxy) is 1. The van der Waals surface area contributed by atoms with Gasteiger partial charge in [-0.1, -0.05) is 35.5 Å². The fourth-order valence-electron chi connectivity index (χ4n) is 2.10. The summed E-state index contributed by atoms with van der Waals surface area (Å²) >= 11 is 0. The van der Waals surface area contributed by atoms with Crippen LogP contribution in [0.5, 0.6) is 0 Å². The van der Waals surface area contributed by atoms with Crippen LogP contribution in [0.25, 0.3) is 0 Å². The summed E-state index contributed by atoms with van der Waals surface area (Å²) in [6.45, 7) is 1.31. The highest BCUT2D eigenvalue weighted by Gasteiger charge is 2.12. The molecule has 0 aliphatic rings. The van der Waals surface area contributed by atoms with E-state index in [9.17, 15) is 5.11 Å². The Morgan fingerprint density at radius 3 is 2.81 bits per heavy atom. The molecule has 2 aromatic rings. The largest absolute Gasteiger partial charge is 0.389 e. The molecule has 0 bridgehead atoms. The summed E-state index contributed by atoms with van der Waals surface area (Å²) < 4.78 is 10.1. The monoisotopic (exact) mass is 291 g/mol. The van der Waals surface area contributed by atoms with Crippen molar-refractivity contribution in [2.24, 2.45) is 0 Å². The fraction of sp³-hybridized carbons (Fsp3) is 0.467. The normalized spacial score (nSPS) is 12.8. The van der Waals surface area contributed by atoms with Crippen LogP contribution in [0, 0.1) is 0 Å². The van der Waals surface area contributed by atoms with Crippen molar-refractivity contribution in [3.05, 3.63) is 47.6 Å². The predicted octanol–water partition coefficient (Wildman–Crippen LogP) is 1.10. The van der Waals surface area contributed by atoms with Crippen molar-refractivity contribution in [1.82, 2.24) is 15.0 Å². The number of nitrogens with zero attached hydrogens (tertiary/aromatic N) is 3. The van der Waals surface area contributed by atoms with Crippen LogP contribution in [-0.4, -0.2) is 53.6 Å². The van der Waals surface area contributed by atoms with Gasteiger partial charge in [0.05, 0.1) is 19.3 Å². The van der Waals surface area contributed by atoms with Crippen molar-refractivity contribution < 1.29 is 14.4 Å². The lowest BCUT2D eigenvalue weighted by atomic mass is 10.1. The van der Waals surface area contributed by atoms with Crippen LogP contribution in [0.4, 0.5) is 0 Å². The first-order valence-corrected chi connectivity index (χ1v) is 6.88. The van der Waals surface area contributed by atoms with Crippen molar-refractivity contribution in [2.45, 2.75) is 19.1 Å². The molecule has 0 spiro atoms. The Bertz CT molecular complexity index is 530. The molecule has 0 amide bonds. The number of aromatic nitrogens is 2. The molecule has 21 heavy (non-hydrogen) atoms. The molecule has 1 atom stereocenters. The van der Waals surface area contributed by atoms with Crippen LogP contribution >= 0.6 is 0 Å². The lowest BCUT2D eigenvalue weighted by Gasteiger charge is -2.17. The van der Waals surface area contributed by atoms with Gasteiger partial charge in [-0.15, -0.1) is 0 Å². The van der Waals surface area contributed by atoms with Crippen molar-refractivity contribution in [1.29, 1.82) is 0 Å². The number of benzene rings is 1. The summed E-state index contributed by atoms with van der Waals surface area (Å²) in [7, 11) is 3.46. The van der Waals surface area contributed by atoms with E-state index in [-0.39, 0.29) is 0 Å². The molecule has 6 nitrogen and oxygen atoms in total. The summed E-state index contributed by atoms with van der Waals surface area (Å²) in [4.78, 5) is 6.29. The number of rotatable bonds is 8. The zero-order valence-corrected chi connectivity index (χ0v) is 12.4. The Hall–Kier alpha value is -1.76. The third kappa shape index (κ3) is 5.26. The van der Waals surface area contributed by atoms with Gasteiger partial charge >= 0.3 is 0 Å². The predicted molar refractivity (Wildman–Crippen MR) is 77.8 cm³/mol. The summed E-state index contributed by atoms with van der Waals surface area (Å²) in [6, 6.07) is 10.0. The van der Waals surface area contributed by atoms with E-state index in [4.69, 9.17) is 9.26 Å². The van der Waals surface area contributed by atoms with Crippen LogP contribution in [0.1, 0.15) is 17.3 Å². The van der Waals surface area contributed by atoms with Crippen molar-refractivity contribution in [3.8, 4) is 0 Å². The Labute approximate surface area is 124 Å². The second kappa shape index (κ2) is 7.87. The lowest BCUT2D eigenvalue weighted by molar-refractivity contribution is 0.0400. The van der Waals surface area contributed by atoms with Gasteiger partial charge in [0.15, 0.2) is 5.82 Å². The summed E-state index contributed by atoms with van der Waals surface area (Å²) in [5, 5.41) is 13.6. The molecule has 0 aliphatic heterocycles. The standard InChI is InChI=1S/C15H21N3O3/c1-18(9-13(19)11-20-2)10-15-16-14(17-21-15)8-12-6-4-3-5-7-12/h3-7,13,19H,8-11H2,1-2H3. The number of aliphatic hydroxyl groups is 1. The molecule has 1 aromatic carbocycles. The van der Waals surface area contributed by atoms with E-state index in [1.54, 1.807) is 7.11 Å². The van der Waals surface area contributed by atoms with Crippen LogP contribution in [0.2, 0.25) is 0 Å². The van der Waals surface area contributed by atoms with Crippen molar-refractivity contribution >= 4 is 0 Å². The SMILES string of the molecule is COCC(O)CN(C)Cc1nc(Cc2ccccc2)no1. The Morgan fingerprint density at radius 2 is 2.10 bits per heavy atom. The molecule has 114 valence electrons. The first-order chi connectivity index (χ1) is 10.2. The number of methoxy groups -OCH3 is 1. The summed E-state index contributed by atoms with van der Waals surface area (Å²) in [5.74, 6) is 1.22. The minimum atomic E-state index is -0.522. The molecule has 0 saturated heterocycles. The minimum Gasteiger partial charge on any atom is -0.389 e. The molecule has 0 saturated carbocycles. The van der Waals surface area contributed by atoms with Crippen LogP contribution < -0.4 is 0 Å². The molecule has 1 aromatic heterocycles. The molecular weight excluding hydrogens is 270 g/mol. The highest BCUT2D eigenvalue weighted by atomic mass is 16.5. The fourth-order valence-corrected chi connectivity index (χ4v) is 2.10. The third-order valence-corrected chi connectivity index (χ3v) is 3.00. The van der Waals surface area contributed by atoms with E-state index >= 15 is 0 Å². The van der Waals surface area contributed by atoms with Crippen LogP contribution in [0.15, 0.2) is 34.9 Å². The van der Waals surface area contributed by atoms with E-state index in [0.29, 0.717) is 37.8 Å². The van der Waals surface area contributed by atoms with Crippen molar-refractivity contribution in [2.75, 3.05) is 27.3 Å². The number of hydrogen-bond acceptors (Lipinski definition) is 6. The first-order valence-electron chi connectivity index (χ1n) is 6.88. The molecule has 2 rings (SSSR count). The maximum atomic E-state index is 9.66. The molecule has 1 unspecified atom stereocenters. The Morgan fingerprint density at radius 1 is 1.33 bits per heavy atom. The van der Waals surface area contributed by atoms with Crippen LogP contribution in [-0.2, 0) is 17.7 Å². The van der Waals surface area contributed by atoms with Gasteiger partial charge in [-0.05, 0) is 12.6 Å². The molecule has 0 radical (unpaired) electrons. The average molecular weight is 291 g/mol. The Balaban J connectivity index is 1.85. The maximum Gasteiger partial charge on any atom is 0.240 e. The van der Waals surface area contributed by atoms with Crippen molar-refractivity contribution in [3.63, 3.8) is 0 Å². The van der Waals surface area contributed by atoms with Crippen LogP contribution in [0.3, 0.4) is 0 Å². The van der Waals surface area contributed by atoms with Gasteiger partial charge in [0.2, 0.25) is 5.89 Å². The maximum absolute atomic E-state index is 9.66. The van der Waals surface area contributed by atoms with E-state index in [1.165, 1.54) is 0 Å².